The van der Waals surface area contributed by atoms with Gasteiger partial charge in [-0.05, 0) is 49.2 Å². The van der Waals surface area contributed by atoms with E-state index in [4.69, 9.17) is 16.0 Å². The highest BCUT2D eigenvalue weighted by molar-refractivity contribution is 6.33. The van der Waals surface area contributed by atoms with Gasteiger partial charge in [-0.3, -0.25) is 4.90 Å². The van der Waals surface area contributed by atoms with Gasteiger partial charge in [0.25, 0.3) is 0 Å². The minimum atomic E-state index is -0.122. The summed E-state index contributed by atoms with van der Waals surface area (Å²) in [5.74, 6) is 0.713. The predicted octanol–water partition coefficient (Wildman–Crippen LogP) is 4.45. The summed E-state index contributed by atoms with van der Waals surface area (Å²) in [5, 5.41) is 3.45. The van der Waals surface area contributed by atoms with E-state index in [9.17, 15) is 4.79 Å². The van der Waals surface area contributed by atoms with Crippen LogP contribution in [-0.4, -0.2) is 47.0 Å². The number of carbonyl (C=O) groups is 1. The molecular weight excluding hydrogens is 376 g/mol. The van der Waals surface area contributed by atoms with Crippen molar-refractivity contribution in [3.8, 4) is 0 Å². The normalized spacial score (nSPS) is 15.2. The second-order valence-electron chi connectivity index (χ2n) is 7.26. The number of oxazole rings is 1. The Balaban J connectivity index is 1.32. The van der Waals surface area contributed by atoms with Crippen LogP contribution in [-0.2, 0) is 6.54 Å². The molecule has 2 aromatic carbocycles. The van der Waals surface area contributed by atoms with Gasteiger partial charge in [0, 0.05) is 26.2 Å². The number of nitrogens with zero attached hydrogens (tertiary/aromatic N) is 3. The van der Waals surface area contributed by atoms with Crippen molar-refractivity contribution >= 4 is 34.4 Å². The fourth-order valence-electron chi connectivity index (χ4n) is 3.37. The van der Waals surface area contributed by atoms with Crippen LogP contribution in [0.25, 0.3) is 11.1 Å². The molecule has 1 N–H and O–H groups in total. The first kappa shape index (κ1) is 18.8. The fourth-order valence-corrected chi connectivity index (χ4v) is 3.65. The third kappa shape index (κ3) is 4.13. The molecular formula is C21H23ClN4O2. The molecule has 3 aromatic rings. The first-order chi connectivity index (χ1) is 13.5. The Morgan fingerprint density at radius 2 is 1.82 bits per heavy atom. The van der Waals surface area contributed by atoms with E-state index >= 15 is 0 Å². The summed E-state index contributed by atoms with van der Waals surface area (Å²) >= 11 is 6.21. The zero-order valence-electron chi connectivity index (χ0n) is 16.0. The van der Waals surface area contributed by atoms with E-state index < -0.39 is 0 Å². The van der Waals surface area contributed by atoms with Crippen molar-refractivity contribution in [3.63, 3.8) is 0 Å². The van der Waals surface area contributed by atoms with Crippen molar-refractivity contribution in [2.75, 3.05) is 31.5 Å². The number of nitrogens with one attached hydrogen (secondary N) is 1. The summed E-state index contributed by atoms with van der Waals surface area (Å²) in [4.78, 5) is 21.2. The Hall–Kier alpha value is -2.57. The molecule has 1 saturated heterocycles. The number of urea groups is 1. The van der Waals surface area contributed by atoms with Crippen molar-refractivity contribution in [1.29, 1.82) is 0 Å². The van der Waals surface area contributed by atoms with Crippen LogP contribution in [0.4, 0.5) is 10.5 Å². The lowest BCUT2D eigenvalue weighted by molar-refractivity contribution is 0.136. The second-order valence-corrected chi connectivity index (χ2v) is 7.66. The summed E-state index contributed by atoms with van der Waals surface area (Å²) in [6.45, 7) is 7.49. The van der Waals surface area contributed by atoms with Crippen molar-refractivity contribution in [1.82, 2.24) is 14.8 Å². The molecule has 1 aromatic heterocycles. The number of benzene rings is 2. The number of amides is 2. The van der Waals surface area contributed by atoms with Crippen LogP contribution in [0.3, 0.4) is 0 Å². The number of hydrogen-bond acceptors (Lipinski definition) is 4. The second kappa shape index (κ2) is 7.81. The molecule has 0 atom stereocenters. The van der Waals surface area contributed by atoms with Crippen LogP contribution in [0.1, 0.15) is 17.0 Å². The van der Waals surface area contributed by atoms with Gasteiger partial charge in [-0.15, -0.1) is 0 Å². The van der Waals surface area contributed by atoms with Crippen LogP contribution in [0.2, 0.25) is 5.02 Å². The summed E-state index contributed by atoms with van der Waals surface area (Å²) in [6, 6.07) is 11.5. The van der Waals surface area contributed by atoms with E-state index in [2.05, 4.69) is 15.2 Å². The third-order valence-electron chi connectivity index (χ3n) is 4.97. The predicted molar refractivity (Wildman–Crippen MR) is 111 cm³/mol. The van der Waals surface area contributed by atoms with Crippen molar-refractivity contribution in [3.05, 3.63) is 58.4 Å². The standard InChI is InChI=1S/C21H23ClN4O2/c1-14-3-5-17(16(22)11-14)24-21(27)26-9-7-25(8-10-26)13-20-23-18-12-15(2)4-6-19(18)28-20/h3-6,11-12H,7-10,13H2,1-2H3,(H,24,27). The monoisotopic (exact) mass is 398 g/mol. The molecule has 7 heteroatoms. The number of aromatic nitrogens is 1. The van der Waals surface area contributed by atoms with E-state index in [0.29, 0.717) is 36.2 Å². The molecule has 0 bridgehead atoms. The van der Waals surface area contributed by atoms with Gasteiger partial charge in [0.2, 0.25) is 5.89 Å². The van der Waals surface area contributed by atoms with Crippen molar-refractivity contribution in [2.24, 2.45) is 0 Å². The fraction of sp³-hybridized carbons (Fsp3) is 0.333. The van der Waals surface area contributed by atoms with Crippen LogP contribution < -0.4 is 5.32 Å². The number of rotatable bonds is 3. The van der Waals surface area contributed by atoms with Crippen molar-refractivity contribution in [2.45, 2.75) is 20.4 Å². The molecule has 1 aliphatic heterocycles. The largest absolute Gasteiger partial charge is 0.439 e. The smallest absolute Gasteiger partial charge is 0.321 e. The molecule has 2 heterocycles. The third-order valence-corrected chi connectivity index (χ3v) is 5.28. The van der Waals surface area contributed by atoms with E-state index in [1.165, 1.54) is 5.56 Å². The van der Waals surface area contributed by atoms with E-state index in [-0.39, 0.29) is 6.03 Å². The number of fused-ring (bicyclic) bond motifs is 1. The molecule has 0 spiro atoms. The average molecular weight is 399 g/mol. The van der Waals surface area contributed by atoms with Gasteiger partial charge >= 0.3 is 6.03 Å². The van der Waals surface area contributed by atoms with Gasteiger partial charge in [0.05, 0.1) is 17.3 Å². The first-order valence-corrected chi connectivity index (χ1v) is 9.76. The van der Waals surface area contributed by atoms with Crippen LogP contribution in [0.5, 0.6) is 0 Å². The van der Waals surface area contributed by atoms with Gasteiger partial charge in [0.15, 0.2) is 5.58 Å². The minimum absolute atomic E-state index is 0.122. The minimum Gasteiger partial charge on any atom is -0.439 e. The number of piperazine rings is 1. The maximum absolute atomic E-state index is 12.5. The SMILES string of the molecule is Cc1ccc(NC(=O)N2CCN(Cc3nc4cc(C)ccc4o3)CC2)c(Cl)c1. The summed E-state index contributed by atoms with van der Waals surface area (Å²) in [5.41, 5.74) is 4.57. The van der Waals surface area contributed by atoms with Gasteiger partial charge in [-0.1, -0.05) is 23.7 Å². The van der Waals surface area contributed by atoms with E-state index in [1.807, 2.05) is 55.1 Å². The molecule has 0 unspecified atom stereocenters. The number of hydrogen-bond donors (Lipinski definition) is 1. The van der Waals surface area contributed by atoms with Crippen LogP contribution in [0.15, 0.2) is 40.8 Å². The Kier molecular flexibility index (Phi) is 5.24. The van der Waals surface area contributed by atoms with Gasteiger partial charge < -0.3 is 14.6 Å². The summed E-state index contributed by atoms with van der Waals surface area (Å²) < 4.78 is 5.84. The number of aryl methyl sites for hydroxylation is 2. The lowest BCUT2D eigenvalue weighted by Gasteiger charge is -2.34. The average Bonchev–Trinajstić information content (AvgIpc) is 3.06. The lowest BCUT2D eigenvalue weighted by Crippen LogP contribution is -2.49. The molecule has 0 aliphatic carbocycles. The van der Waals surface area contributed by atoms with Crippen LogP contribution in [0, 0.1) is 13.8 Å². The number of halogens is 1. The number of carbonyl (C=O) groups excluding carboxylic acids is 1. The molecule has 146 valence electrons. The Labute approximate surface area is 169 Å². The molecule has 1 aliphatic rings. The Bertz CT molecular complexity index is 1010. The zero-order valence-corrected chi connectivity index (χ0v) is 16.8. The summed E-state index contributed by atoms with van der Waals surface area (Å²) in [7, 11) is 0. The lowest BCUT2D eigenvalue weighted by atomic mass is 10.2. The van der Waals surface area contributed by atoms with Crippen molar-refractivity contribution < 1.29 is 9.21 Å². The highest BCUT2D eigenvalue weighted by atomic mass is 35.5. The molecule has 0 radical (unpaired) electrons. The van der Waals surface area contributed by atoms with E-state index in [1.54, 1.807) is 0 Å². The van der Waals surface area contributed by atoms with Gasteiger partial charge in [-0.2, -0.15) is 0 Å². The molecule has 4 rings (SSSR count). The maximum atomic E-state index is 12.5. The Morgan fingerprint density at radius 1 is 1.11 bits per heavy atom. The van der Waals surface area contributed by atoms with Gasteiger partial charge in [-0.25, -0.2) is 9.78 Å². The molecule has 1 fully saturated rings. The molecule has 0 saturated carbocycles. The molecule has 28 heavy (non-hydrogen) atoms. The van der Waals surface area contributed by atoms with E-state index in [0.717, 1.165) is 29.8 Å². The summed E-state index contributed by atoms with van der Waals surface area (Å²) in [6.07, 6.45) is 0. The Morgan fingerprint density at radius 3 is 2.57 bits per heavy atom. The van der Waals surface area contributed by atoms with Gasteiger partial charge in [0.1, 0.15) is 5.52 Å². The highest BCUT2D eigenvalue weighted by Gasteiger charge is 2.23. The number of anilines is 1. The first-order valence-electron chi connectivity index (χ1n) is 9.38. The highest BCUT2D eigenvalue weighted by Crippen LogP contribution is 2.23. The quantitative estimate of drug-likeness (QED) is 0.708. The molecule has 6 nitrogen and oxygen atoms in total. The zero-order chi connectivity index (χ0) is 19.7. The maximum Gasteiger partial charge on any atom is 0.321 e. The molecule has 2 amide bonds. The van der Waals surface area contributed by atoms with Crippen LogP contribution >= 0.6 is 11.6 Å². The topological polar surface area (TPSA) is 61.6 Å².